The number of nitrogens with two attached hydrogens (primary N) is 1. The highest BCUT2D eigenvalue weighted by Gasteiger charge is 2.47. The molecular weight excluding hydrogens is 242 g/mol. The second kappa shape index (κ2) is 7.06. The van der Waals surface area contributed by atoms with Gasteiger partial charge in [0.1, 0.15) is 0 Å². The van der Waals surface area contributed by atoms with Gasteiger partial charge < -0.3 is 15.6 Å². The normalized spacial score (nSPS) is 33.3. The van der Waals surface area contributed by atoms with E-state index in [0.717, 1.165) is 32.2 Å². The summed E-state index contributed by atoms with van der Waals surface area (Å²) in [4.78, 5) is 10.4. The maximum atomic E-state index is 10.4. The van der Waals surface area contributed by atoms with Gasteiger partial charge in [0.15, 0.2) is 0 Å². The molecule has 0 aromatic rings. The number of allylic oxidation sites excluding steroid dienone is 2. The van der Waals surface area contributed by atoms with Crippen LogP contribution in [0.3, 0.4) is 0 Å². The van der Waals surface area contributed by atoms with Crippen LogP contribution in [-0.2, 0) is 9.53 Å². The van der Waals surface area contributed by atoms with Crippen LogP contribution in [0.2, 0.25) is 0 Å². The highest BCUT2D eigenvalue weighted by atomic mass is 16.5. The second-order valence-electron chi connectivity index (χ2n) is 5.69. The van der Waals surface area contributed by atoms with E-state index in [2.05, 4.69) is 12.2 Å². The van der Waals surface area contributed by atoms with Crippen LogP contribution in [0.4, 0.5) is 0 Å². The lowest BCUT2D eigenvalue weighted by Crippen LogP contribution is -2.28. The van der Waals surface area contributed by atoms with E-state index in [9.17, 15) is 4.79 Å². The number of hydrogen-bond acceptors (Lipinski definition) is 3. The van der Waals surface area contributed by atoms with Gasteiger partial charge in [-0.15, -0.1) is 0 Å². The van der Waals surface area contributed by atoms with Crippen molar-refractivity contribution in [2.24, 2.45) is 17.6 Å². The minimum atomic E-state index is -0.710. The van der Waals surface area contributed by atoms with Crippen LogP contribution < -0.4 is 5.73 Å². The molecule has 2 bridgehead atoms. The van der Waals surface area contributed by atoms with Gasteiger partial charge in [-0.05, 0) is 56.9 Å². The highest BCUT2D eigenvalue weighted by molar-refractivity contribution is 5.66. The lowest BCUT2D eigenvalue weighted by atomic mass is 9.76. The lowest BCUT2D eigenvalue weighted by Gasteiger charge is -2.26. The SMILES string of the molecule is NCC[C@H]1[C@@H](CC=CCCCC(=O)O)[C@@H]2CC[C@H]1O2. The predicted molar refractivity (Wildman–Crippen MR) is 73.8 cm³/mol. The molecule has 0 spiro atoms. The number of carbonyl (C=O) groups is 1. The molecule has 3 N–H and O–H groups in total. The Labute approximate surface area is 115 Å². The fraction of sp³-hybridized carbons (Fsp3) is 0.800. The van der Waals surface area contributed by atoms with E-state index in [4.69, 9.17) is 15.6 Å². The molecule has 0 aromatic carbocycles. The number of fused-ring (bicyclic) bond motifs is 2. The zero-order chi connectivity index (χ0) is 13.7. The first-order chi connectivity index (χ1) is 9.22. The Morgan fingerprint density at radius 3 is 2.68 bits per heavy atom. The molecule has 0 unspecified atom stereocenters. The van der Waals surface area contributed by atoms with E-state index in [0.29, 0.717) is 24.0 Å². The number of ether oxygens (including phenoxy) is 1. The van der Waals surface area contributed by atoms with E-state index in [1.165, 1.54) is 12.8 Å². The molecule has 0 saturated carbocycles. The van der Waals surface area contributed by atoms with Gasteiger partial charge in [-0.1, -0.05) is 12.2 Å². The van der Waals surface area contributed by atoms with Crippen LogP contribution in [0.15, 0.2) is 12.2 Å². The summed E-state index contributed by atoms with van der Waals surface area (Å²) in [5.41, 5.74) is 5.70. The Bertz CT molecular complexity index is 329. The zero-order valence-electron chi connectivity index (χ0n) is 11.5. The summed E-state index contributed by atoms with van der Waals surface area (Å²) in [6, 6.07) is 0. The molecule has 2 aliphatic heterocycles. The highest BCUT2D eigenvalue weighted by Crippen LogP contribution is 2.46. The first-order valence-corrected chi connectivity index (χ1v) is 7.44. The smallest absolute Gasteiger partial charge is 0.303 e. The third-order valence-electron chi connectivity index (χ3n) is 4.43. The molecular formula is C15H25NO3. The minimum Gasteiger partial charge on any atom is -0.481 e. The van der Waals surface area contributed by atoms with Crippen LogP contribution in [0.1, 0.15) is 44.9 Å². The Balaban J connectivity index is 1.72. The average Bonchev–Trinajstić information content (AvgIpc) is 2.95. The van der Waals surface area contributed by atoms with Gasteiger partial charge in [0.25, 0.3) is 0 Å². The second-order valence-corrected chi connectivity index (χ2v) is 5.69. The Kier molecular flexibility index (Phi) is 5.40. The van der Waals surface area contributed by atoms with Crippen molar-refractivity contribution in [3.63, 3.8) is 0 Å². The summed E-state index contributed by atoms with van der Waals surface area (Å²) in [5, 5.41) is 8.56. The number of unbranched alkanes of at least 4 members (excludes halogenated alkanes) is 1. The zero-order valence-corrected chi connectivity index (χ0v) is 11.5. The monoisotopic (exact) mass is 267 g/mol. The van der Waals surface area contributed by atoms with Crippen LogP contribution >= 0.6 is 0 Å². The van der Waals surface area contributed by atoms with Crippen molar-refractivity contribution >= 4 is 5.97 Å². The van der Waals surface area contributed by atoms with Crippen molar-refractivity contribution < 1.29 is 14.6 Å². The minimum absolute atomic E-state index is 0.261. The number of hydrogen-bond donors (Lipinski definition) is 2. The number of rotatable bonds is 8. The predicted octanol–water partition coefficient (Wildman–Crippen LogP) is 2.33. The summed E-state index contributed by atoms with van der Waals surface area (Å²) in [6.07, 6.45) is 11.6. The number of carboxylic acid groups (broad SMARTS) is 1. The Morgan fingerprint density at radius 2 is 2.00 bits per heavy atom. The van der Waals surface area contributed by atoms with E-state index in [1.54, 1.807) is 0 Å². The van der Waals surface area contributed by atoms with Gasteiger partial charge >= 0.3 is 5.97 Å². The topological polar surface area (TPSA) is 72.6 Å². The number of aliphatic carboxylic acids is 1. The summed E-state index contributed by atoms with van der Waals surface area (Å²) in [7, 11) is 0. The molecule has 2 heterocycles. The molecule has 4 heteroatoms. The molecule has 0 aliphatic carbocycles. The molecule has 0 aromatic heterocycles. The molecule has 4 atom stereocenters. The molecule has 4 nitrogen and oxygen atoms in total. The van der Waals surface area contributed by atoms with Gasteiger partial charge in [0.05, 0.1) is 12.2 Å². The summed E-state index contributed by atoms with van der Waals surface area (Å²) < 4.78 is 5.99. The molecule has 108 valence electrons. The van der Waals surface area contributed by atoms with Crippen molar-refractivity contribution in [2.45, 2.75) is 57.2 Å². The van der Waals surface area contributed by atoms with Crippen LogP contribution in [0, 0.1) is 11.8 Å². The third-order valence-corrected chi connectivity index (χ3v) is 4.43. The summed E-state index contributed by atoms with van der Waals surface area (Å²) in [5.74, 6) is 0.545. The molecule has 2 saturated heterocycles. The first kappa shape index (κ1) is 14.5. The maximum Gasteiger partial charge on any atom is 0.303 e. The van der Waals surface area contributed by atoms with E-state index < -0.39 is 5.97 Å². The molecule has 0 amide bonds. The lowest BCUT2D eigenvalue weighted by molar-refractivity contribution is -0.137. The van der Waals surface area contributed by atoms with Gasteiger partial charge in [0, 0.05) is 6.42 Å². The average molecular weight is 267 g/mol. The van der Waals surface area contributed by atoms with Crippen molar-refractivity contribution in [1.82, 2.24) is 0 Å². The number of carboxylic acids is 1. The van der Waals surface area contributed by atoms with E-state index in [1.807, 2.05) is 0 Å². The Morgan fingerprint density at radius 1 is 1.26 bits per heavy atom. The summed E-state index contributed by atoms with van der Waals surface area (Å²) >= 11 is 0. The van der Waals surface area contributed by atoms with E-state index >= 15 is 0 Å². The first-order valence-electron chi connectivity index (χ1n) is 7.44. The van der Waals surface area contributed by atoms with Gasteiger partial charge in [0.2, 0.25) is 0 Å². The maximum absolute atomic E-state index is 10.4. The van der Waals surface area contributed by atoms with Crippen molar-refractivity contribution in [1.29, 1.82) is 0 Å². The van der Waals surface area contributed by atoms with Crippen molar-refractivity contribution in [2.75, 3.05) is 6.54 Å². The third kappa shape index (κ3) is 3.80. The fourth-order valence-corrected chi connectivity index (χ4v) is 3.53. The van der Waals surface area contributed by atoms with Gasteiger partial charge in [-0.2, -0.15) is 0 Å². The van der Waals surface area contributed by atoms with E-state index in [-0.39, 0.29) is 6.42 Å². The molecule has 2 aliphatic rings. The molecule has 19 heavy (non-hydrogen) atoms. The van der Waals surface area contributed by atoms with Crippen LogP contribution in [0.25, 0.3) is 0 Å². The Hall–Kier alpha value is -0.870. The molecule has 2 rings (SSSR count). The molecule has 2 fully saturated rings. The molecule has 0 radical (unpaired) electrons. The van der Waals surface area contributed by atoms with Crippen LogP contribution in [0.5, 0.6) is 0 Å². The van der Waals surface area contributed by atoms with Crippen LogP contribution in [-0.4, -0.2) is 29.8 Å². The largest absolute Gasteiger partial charge is 0.481 e. The quantitative estimate of drug-likeness (QED) is 0.523. The van der Waals surface area contributed by atoms with Crippen molar-refractivity contribution in [3.8, 4) is 0 Å². The standard InChI is InChI=1S/C15H25NO3/c16-10-9-12-11(13-7-8-14(12)19-13)5-3-1-2-4-6-15(17)18/h1,3,11-14H,2,4-10,16H2,(H,17,18)/t11-,12+,13+,14-/m1/s1. The summed E-state index contributed by atoms with van der Waals surface area (Å²) in [6.45, 7) is 0.746. The van der Waals surface area contributed by atoms with Gasteiger partial charge in [-0.3, -0.25) is 4.79 Å². The fourth-order valence-electron chi connectivity index (χ4n) is 3.53. The van der Waals surface area contributed by atoms with Crippen molar-refractivity contribution in [3.05, 3.63) is 12.2 Å². The van der Waals surface area contributed by atoms with Gasteiger partial charge in [-0.25, -0.2) is 0 Å².